The fraction of sp³-hybridized carbons (Fsp3) is 0.600. The smallest absolute Gasteiger partial charge is 0.0193 e. The molecule has 0 amide bonds. The molecule has 0 saturated carbocycles. The van der Waals surface area contributed by atoms with Gasteiger partial charge in [-0.15, -0.1) is 0 Å². The van der Waals surface area contributed by atoms with Crippen LogP contribution >= 0.6 is 0 Å². The molecule has 1 aromatic carbocycles. The Morgan fingerprint density at radius 1 is 1.00 bits per heavy atom. The average Bonchev–Trinajstić information content (AvgIpc) is 2.22. The molecule has 0 radical (unpaired) electrons. The number of hydrogen-bond acceptors (Lipinski definition) is 1. The molecule has 0 N–H and O–H groups in total. The number of rotatable bonds is 5. The number of nitrogens with zero attached hydrogens (tertiary/aromatic N) is 1. The second-order valence-electron chi connectivity index (χ2n) is 5.15. The largest absolute Gasteiger partial charge is 0.298 e. The summed E-state index contributed by atoms with van der Waals surface area (Å²) in [7, 11) is 0. The summed E-state index contributed by atoms with van der Waals surface area (Å²) in [6.07, 6.45) is 1.12. The Hall–Kier alpha value is -0.820. The third-order valence-electron chi connectivity index (χ3n) is 3.38. The lowest BCUT2D eigenvalue weighted by atomic mass is 9.92. The number of likely N-dealkylation sites (N-methyl/N-ethyl adjacent to an activating group) is 1. The van der Waals surface area contributed by atoms with E-state index >= 15 is 0 Å². The lowest BCUT2D eigenvalue weighted by Gasteiger charge is -2.37. The van der Waals surface area contributed by atoms with Gasteiger partial charge in [0.2, 0.25) is 0 Å². The summed E-state index contributed by atoms with van der Waals surface area (Å²) >= 11 is 0. The molecule has 0 spiro atoms. The first-order valence-corrected chi connectivity index (χ1v) is 6.30. The summed E-state index contributed by atoms with van der Waals surface area (Å²) in [4.78, 5) is 2.52. The van der Waals surface area contributed by atoms with Crippen molar-refractivity contribution in [3.8, 4) is 0 Å². The van der Waals surface area contributed by atoms with E-state index in [4.69, 9.17) is 0 Å². The topological polar surface area (TPSA) is 3.24 Å². The van der Waals surface area contributed by atoms with Gasteiger partial charge in [-0.3, -0.25) is 4.90 Å². The molecule has 0 saturated heterocycles. The summed E-state index contributed by atoms with van der Waals surface area (Å²) < 4.78 is 0. The minimum atomic E-state index is 0.249. The zero-order chi connectivity index (χ0) is 12.2. The van der Waals surface area contributed by atoms with Crippen LogP contribution in [0.1, 0.15) is 38.8 Å². The maximum atomic E-state index is 2.52. The third kappa shape index (κ3) is 3.34. The Morgan fingerprint density at radius 3 is 1.94 bits per heavy atom. The van der Waals surface area contributed by atoms with Crippen LogP contribution in [0.2, 0.25) is 0 Å². The minimum absolute atomic E-state index is 0.249. The molecular formula is C15H25N. The number of hydrogen-bond donors (Lipinski definition) is 0. The lowest BCUT2D eigenvalue weighted by molar-refractivity contribution is 0.135. The van der Waals surface area contributed by atoms with E-state index in [-0.39, 0.29) is 5.54 Å². The van der Waals surface area contributed by atoms with Gasteiger partial charge < -0.3 is 0 Å². The highest BCUT2D eigenvalue weighted by Gasteiger charge is 2.24. The molecule has 0 aliphatic carbocycles. The van der Waals surface area contributed by atoms with Crippen molar-refractivity contribution < 1.29 is 0 Å². The Bertz CT molecular complexity index is 307. The minimum Gasteiger partial charge on any atom is -0.298 e. The Kier molecular flexibility index (Phi) is 4.55. The Morgan fingerprint density at radius 2 is 1.50 bits per heavy atom. The van der Waals surface area contributed by atoms with E-state index in [2.05, 4.69) is 63.8 Å². The van der Waals surface area contributed by atoms with Crippen molar-refractivity contribution in [3.63, 3.8) is 0 Å². The summed E-state index contributed by atoms with van der Waals surface area (Å²) in [5.41, 5.74) is 3.02. The van der Waals surface area contributed by atoms with Gasteiger partial charge in [0.25, 0.3) is 0 Å². The number of aryl methyl sites for hydroxylation is 1. The van der Waals surface area contributed by atoms with Gasteiger partial charge in [-0.25, -0.2) is 0 Å². The molecule has 0 fully saturated rings. The van der Waals surface area contributed by atoms with Crippen LogP contribution in [0.3, 0.4) is 0 Å². The standard InChI is InChI=1S/C15H25N/c1-6-16(7-2)15(4,5)12-14-10-8-13(3)9-11-14/h8-11H,6-7,12H2,1-5H3. The van der Waals surface area contributed by atoms with Crippen molar-refractivity contribution in [2.75, 3.05) is 13.1 Å². The summed E-state index contributed by atoms with van der Waals surface area (Å²) in [5, 5.41) is 0. The van der Waals surface area contributed by atoms with Crippen molar-refractivity contribution in [2.45, 2.75) is 46.6 Å². The van der Waals surface area contributed by atoms with Crippen LogP contribution in [0.25, 0.3) is 0 Å². The molecule has 0 aliphatic rings. The van der Waals surface area contributed by atoms with Gasteiger partial charge in [-0.05, 0) is 45.8 Å². The van der Waals surface area contributed by atoms with Gasteiger partial charge in [0, 0.05) is 5.54 Å². The molecule has 0 aromatic heterocycles. The van der Waals surface area contributed by atoms with Gasteiger partial charge in [0.1, 0.15) is 0 Å². The first-order valence-electron chi connectivity index (χ1n) is 6.30. The van der Waals surface area contributed by atoms with Crippen molar-refractivity contribution in [1.29, 1.82) is 0 Å². The Balaban J connectivity index is 2.75. The molecule has 90 valence electrons. The van der Waals surface area contributed by atoms with E-state index in [0.717, 1.165) is 19.5 Å². The van der Waals surface area contributed by atoms with Crippen molar-refractivity contribution in [2.24, 2.45) is 0 Å². The molecule has 16 heavy (non-hydrogen) atoms. The van der Waals surface area contributed by atoms with E-state index in [1.807, 2.05) is 0 Å². The average molecular weight is 219 g/mol. The summed E-state index contributed by atoms with van der Waals surface area (Å²) in [6.45, 7) is 13.5. The molecule has 1 nitrogen and oxygen atoms in total. The van der Waals surface area contributed by atoms with Crippen LogP contribution < -0.4 is 0 Å². The van der Waals surface area contributed by atoms with Crippen LogP contribution in [0.5, 0.6) is 0 Å². The predicted octanol–water partition coefficient (Wildman–Crippen LogP) is 3.66. The van der Waals surface area contributed by atoms with Crippen molar-refractivity contribution in [1.82, 2.24) is 4.90 Å². The van der Waals surface area contributed by atoms with Gasteiger partial charge in [0.15, 0.2) is 0 Å². The van der Waals surface area contributed by atoms with E-state index < -0.39 is 0 Å². The maximum Gasteiger partial charge on any atom is 0.0193 e. The highest BCUT2D eigenvalue weighted by molar-refractivity contribution is 5.22. The molecular weight excluding hydrogens is 194 g/mol. The maximum absolute atomic E-state index is 2.52. The first-order chi connectivity index (χ1) is 7.49. The number of benzene rings is 1. The van der Waals surface area contributed by atoms with Gasteiger partial charge in [-0.2, -0.15) is 0 Å². The van der Waals surface area contributed by atoms with Gasteiger partial charge in [0.05, 0.1) is 0 Å². The van der Waals surface area contributed by atoms with Crippen LogP contribution in [0.15, 0.2) is 24.3 Å². The van der Waals surface area contributed by atoms with E-state index in [0.29, 0.717) is 0 Å². The first kappa shape index (κ1) is 13.2. The third-order valence-corrected chi connectivity index (χ3v) is 3.38. The zero-order valence-corrected chi connectivity index (χ0v) is 11.4. The van der Waals surface area contributed by atoms with Crippen LogP contribution in [0, 0.1) is 6.92 Å². The van der Waals surface area contributed by atoms with Crippen LogP contribution in [0.4, 0.5) is 0 Å². The summed E-state index contributed by atoms with van der Waals surface area (Å²) in [5.74, 6) is 0. The van der Waals surface area contributed by atoms with Crippen molar-refractivity contribution >= 4 is 0 Å². The SMILES string of the molecule is CCN(CC)C(C)(C)Cc1ccc(C)cc1. The van der Waals surface area contributed by atoms with Crippen LogP contribution in [-0.2, 0) is 6.42 Å². The lowest BCUT2D eigenvalue weighted by Crippen LogP contribution is -2.45. The quantitative estimate of drug-likeness (QED) is 0.730. The molecule has 0 unspecified atom stereocenters. The Labute approximate surface area is 100 Å². The van der Waals surface area contributed by atoms with Crippen molar-refractivity contribution in [3.05, 3.63) is 35.4 Å². The van der Waals surface area contributed by atoms with Crippen LogP contribution in [-0.4, -0.2) is 23.5 Å². The molecule has 1 heteroatoms. The molecule has 1 rings (SSSR count). The zero-order valence-electron chi connectivity index (χ0n) is 11.4. The molecule has 0 atom stereocenters. The van der Waals surface area contributed by atoms with E-state index in [1.54, 1.807) is 0 Å². The monoisotopic (exact) mass is 219 g/mol. The fourth-order valence-corrected chi connectivity index (χ4v) is 2.40. The summed E-state index contributed by atoms with van der Waals surface area (Å²) in [6, 6.07) is 8.91. The van der Waals surface area contributed by atoms with E-state index in [1.165, 1.54) is 11.1 Å². The van der Waals surface area contributed by atoms with E-state index in [9.17, 15) is 0 Å². The predicted molar refractivity (Wildman–Crippen MR) is 71.9 cm³/mol. The molecule has 0 heterocycles. The second kappa shape index (κ2) is 5.49. The molecule has 0 bridgehead atoms. The highest BCUT2D eigenvalue weighted by Crippen LogP contribution is 2.20. The molecule has 1 aromatic rings. The second-order valence-corrected chi connectivity index (χ2v) is 5.15. The van der Waals surface area contributed by atoms with Gasteiger partial charge >= 0.3 is 0 Å². The molecule has 0 aliphatic heterocycles. The normalized spacial score (nSPS) is 12.1. The van der Waals surface area contributed by atoms with Gasteiger partial charge in [-0.1, -0.05) is 43.7 Å². The fourth-order valence-electron chi connectivity index (χ4n) is 2.40. The highest BCUT2D eigenvalue weighted by atomic mass is 15.2.